The molecule has 2 aliphatic rings. The molecule has 2 N–H and O–H groups in total. The molecule has 0 saturated heterocycles. The number of ether oxygens (including phenoxy) is 1. The minimum absolute atomic E-state index is 0.289. The lowest BCUT2D eigenvalue weighted by atomic mass is 9.81. The summed E-state index contributed by atoms with van der Waals surface area (Å²) in [6, 6.07) is 4.29. The lowest BCUT2D eigenvalue weighted by Crippen LogP contribution is -2.31. The van der Waals surface area contributed by atoms with Gasteiger partial charge in [0, 0.05) is 11.6 Å². The SMILES string of the molecule is COc1ccc2c(c1O)C(CC1CCCCC1)NCC2. The van der Waals surface area contributed by atoms with Crippen LogP contribution in [0, 0.1) is 5.92 Å². The highest BCUT2D eigenvalue weighted by Gasteiger charge is 2.28. The van der Waals surface area contributed by atoms with Crippen molar-refractivity contribution >= 4 is 0 Å². The van der Waals surface area contributed by atoms with Crippen molar-refractivity contribution in [3.63, 3.8) is 0 Å². The minimum atomic E-state index is 0.289. The van der Waals surface area contributed by atoms with Crippen LogP contribution in [0.15, 0.2) is 12.1 Å². The van der Waals surface area contributed by atoms with Gasteiger partial charge in [0.05, 0.1) is 7.11 Å². The average Bonchev–Trinajstić information content (AvgIpc) is 2.49. The number of fused-ring (bicyclic) bond motifs is 1. The highest BCUT2D eigenvalue weighted by molar-refractivity contribution is 5.52. The van der Waals surface area contributed by atoms with Gasteiger partial charge in [0.15, 0.2) is 11.5 Å². The molecule has 1 aliphatic heterocycles. The number of methoxy groups -OCH3 is 1. The maximum absolute atomic E-state index is 10.5. The second-order valence-corrected chi connectivity index (χ2v) is 6.19. The van der Waals surface area contributed by atoms with E-state index < -0.39 is 0 Å². The van der Waals surface area contributed by atoms with Gasteiger partial charge in [0.25, 0.3) is 0 Å². The summed E-state index contributed by atoms with van der Waals surface area (Å²) in [5, 5.41) is 14.1. The van der Waals surface area contributed by atoms with Gasteiger partial charge in [-0.05, 0) is 36.9 Å². The topological polar surface area (TPSA) is 41.5 Å². The second kappa shape index (κ2) is 6.04. The van der Waals surface area contributed by atoms with Crippen molar-refractivity contribution in [1.82, 2.24) is 5.32 Å². The summed E-state index contributed by atoms with van der Waals surface area (Å²) >= 11 is 0. The quantitative estimate of drug-likeness (QED) is 0.886. The molecule has 0 aromatic heterocycles. The molecule has 1 atom stereocenters. The molecule has 0 amide bonds. The Bertz CT molecular complexity index is 466. The van der Waals surface area contributed by atoms with Crippen LogP contribution in [0.25, 0.3) is 0 Å². The van der Waals surface area contributed by atoms with Gasteiger partial charge in [-0.25, -0.2) is 0 Å². The first-order valence-corrected chi connectivity index (χ1v) is 7.91. The van der Waals surface area contributed by atoms with E-state index in [1.807, 2.05) is 6.07 Å². The normalized spacial score (nSPS) is 23.4. The van der Waals surface area contributed by atoms with Gasteiger partial charge in [-0.15, -0.1) is 0 Å². The monoisotopic (exact) mass is 275 g/mol. The van der Waals surface area contributed by atoms with E-state index in [0.717, 1.165) is 30.9 Å². The fraction of sp³-hybridized carbons (Fsp3) is 0.647. The molecule has 3 nitrogen and oxygen atoms in total. The van der Waals surface area contributed by atoms with Crippen molar-refractivity contribution in [2.75, 3.05) is 13.7 Å². The Balaban J connectivity index is 1.84. The van der Waals surface area contributed by atoms with Crippen molar-refractivity contribution in [2.45, 2.75) is 51.0 Å². The van der Waals surface area contributed by atoms with Crippen LogP contribution < -0.4 is 10.1 Å². The van der Waals surface area contributed by atoms with Crippen LogP contribution in [0.3, 0.4) is 0 Å². The van der Waals surface area contributed by atoms with E-state index in [1.54, 1.807) is 7.11 Å². The van der Waals surface area contributed by atoms with Gasteiger partial charge in [0.1, 0.15) is 0 Å². The van der Waals surface area contributed by atoms with Gasteiger partial charge in [-0.2, -0.15) is 0 Å². The van der Waals surface area contributed by atoms with Crippen LogP contribution in [-0.4, -0.2) is 18.8 Å². The molecule has 0 spiro atoms. The summed E-state index contributed by atoms with van der Waals surface area (Å²) in [7, 11) is 1.62. The van der Waals surface area contributed by atoms with Crippen LogP contribution in [0.2, 0.25) is 0 Å². The zero-order valence-corrected chi connectivity index (χ0v) is 12.3. The first-order valence-electron chi connectivity index (χ1n) is 7.91. The molecule has 110 valence electrons. The summed E-state index contributed by atoms with van der Waals surface area (Å²) in [5.41, 5.74) is 2.36. The summed E-state index contributed by atoms with van der Waals surface area (Å²) in [4.78, 5) is 0. The molecule has 3 heteroatoms. The zero-order valence-electron chi connectivity index (χ0n) is 12.3. The van der Waals surface area contributed by atoms with Gasteiger partial charge in [-0.3, -0.25) is 0 Å². The van der Waals surface area contributed by atoms with Gasteiger partial charge in [0.2, 0.25) is 0 Å². The van der Waals surface area contributed by atoms with Crippen molar-refractivity contribution in [2.24, 2.45) is 5.92 Å². The second-order valence-electron chi connectivity index (χ2n) is 6.19. The third-order valence-corrected chi connectivity index (χ3v) is 4.92. The largest absolute Gasteiger partial charge is 0.504 e. The molecule has 1 unspecified atom stereocenters. The summed E-state index contributed by atoms with van der Waals surface area (Å²) in [6.07, 6.45) is 8.96. The predicted octanol–water partition coefficient (Wildman–Crippen LogP) is 3.56. The van der Waals surface area contributed by atoms with Crippen LogP contribution in [-0.2, 0) is 6.42 Å². The smallest absolute Gasteiger partial charge is 0.162 e. The minimum Gasteiger partial charge on any atom is -0.504 e. The van der Waals surface area contributed by atoms with E-state index in [1.165, 1.54) is 37.7 Å². The molecule has 1 aromatic carbocycles. The number of hydrogen-bond acceptors (Lipinski definition) is 3. The number of rotatable bonds is 3. The molecule has 1 aromatic rings. The highest BCUT2D eigenvalue weighted by Crippen LogP contribution is 2.42. The summed E-state index contributed by atoms with van der Waals surface area (Å²) in [5.74, 6) is 1.75. The number of aromatic hydroxyl groups is 1. The molecule has 20 heavy (non-hydrogen) atoms. The number of benzene rings is 1. The molecule has 0 radical (unpaired) electrons. The third kappa shape index (κ3) is 2.64. The van der Waals surface area contributed by atoms with E-state index in [4.69, 9.17) is 4.74 Å². The Labute approximate surface area is 121 Å². The molecule has 1 saturated carbocycles. The zero-order chi connectivity index (χ0) is 13.9. The van der Waals surface area contributed by atoms with Crippen molar-refractivity contribution < 1.29 is 9.84 Å². The summed E-state index contributed by atoms with van der Waals surface area (Å²) < 4.78 is 5.27. The Morgan fingerprint density at radius 1 is 1.25 bits per heavy atom. The third-order valence-electron chi connectivity index (χ3n) is 4.92. The van der Waals surface area contributed by atoms with E-state index in [2.05, 4.69) is 11.4 Å². The molecular formula is C17H25NO2. The molecule has 1 heterocycles. The number of nitrogens with one attached hydrogen (secondary N) is 1. The lowest BCUT2D eigenvalue weighted by Gasteiger charge is -2.32. The van der Waals surface area contributed by atoms with Gasteiger partial charge >= 0.3 is 0 Å². The van der Waals surface area contributed by atoms with Crippen LogP contribution in [0.5, 0.6) is 11.5 Å². The van der Waals surface area contributed by atoms with E-state index >= 15 is 0 Å². The lowest BCUT2D eigenvalue weighted by molar-refractivity contribution is 0.289. The molecule has 0 bridgehead atoms. The molecule has 1 aliphatic carbocycles. The van der Waals surface area contributed by atoms with Crippen LogP contribution >= 0.6 is 0 Å². The number of phenols is 1. The maximum atomic E-state index is 10.5. The van der Waals surface area contributed by atoms with Crippen LogP contribution in [0.4, 0.5) is 0 Å². The van der Waals surface area contributed by atoms with Gasteiger partial charge in [-0.1, -0.05) is 38.2 Å². The first-order chi connectivity index (χ1) is 9.79. The Morgan fingerprint density at radius 3 is 2.80 bits per heavy atom. The van der Waals surface area contributed by atoms with E-state index in [0.29, 0.717) is 11.5 Å². The maximum Gasteiger partial charge on any atom is 0.162 e. The number of hydrogen-bond donors (Lipinski definition) is 2. The molecule has 1 fully saturated rings. The van der Waals surface area contributed by atoms with Gasteiger partial charge < -0.3 is 15.2 Å². The molecular weight excluding hydrogens is 250 g/mol. The highest BCUT2D eigenvalue weighted by atomic mass is 16.5. The predicted molar refractivity (Wildman–Crippen MR) is 80.3 cm³/mol. The Kier molecular flexibility index (Phi) is 4.16. The van der Waals surface area contributed by atoms with E-state index in [9.17, 15) is 5.11 Å². The summed E-state index contributed by atoms with van der Waals surface area (Å²) in [6.45, 7) is 1.01. The average molecular weight is 275 g/mol. The van der Waals surface area contributed by atoms with Crippen LogP contribution in [0.1, 0.15) is 55.7 Å². The Hall–Kier alpha value is -1.22. The Morgan fingerprint density at radius 2 is 2.05 bits per heavy atom. The van der Waals surface area contributed by atoms with E-state index in [-0.39, 0.29) is 6.04 Å². The van der Waals surface area contributed by atoms with Crippen molar-refractivity contribution in [1.29, 1.82) is 0 Å². The van der Waals surface area contributed by atoms with Crippen molar-refractivity contribution in [3.8, 4) is 11.5 Å². The first kappa shape index (κ1) is 13.7. The fourth-order valence-corrected chi connectivity index (χ4v) is 3.84. The molecule has 3 rings (SSSR count). The standard InChI is InChI=1S/C17H25NO2/c1-20-15-8-7-13-9-10-18-14(16(13)17(15)19)11-12-5-3-2-4-6-12/h7-8,12,14,18-19H,2-6,9-11H2,1H3. The fourth-order valence-electron chi connectivity index (χ4n) is 3.84. The van der Waals surface area contributed by atoms with Crippen molar-refractivity contribution in [3.05, 3.63) is 23.3 Å². The number of phenolic OH excluding ortho intramolecular Hbond substituents is 1.